The van der Waals surface area contributed by atoms with Crippen LogP contribution in [0.1, 0.15) is 11.6 Å². The fourth-order valence-corrected chi connectivity index (χ4v) is 1.28. The number of rotatable bonds is 0. The van der Waals surface area contributed by atoms with Crippen molar-refractivity contribution in [3.05, 3.63) is 17.7 Å². The Labute approximate surface area is 69.7 Å². The molecule has 1 aliphatic rings. The molecule has 12 heavy (non-hydrogen) atoms. The van der Waals surface area contributed by atoms with Crippen LogP contribution in [0, 0.1) is 0 Å². The van der Waals surface area contributed by atoms with Crippen molar-refractivity contribution in [2.75, 3.05) is 12.3 Å². The van der Waals surface area contributed by atoms with Gasteiger partial charge in [0.05, 0.1) is 11.7 Å². The standard InChI is InChI=1S/C8H10N2O2/c9-5-2-8-4(1-7(5)11)6(10)3-12-8/h1-2,6,11H,3,9-10H2. The van der Waals surface area contributed by atoms with Gasteiger partial charge in [-0.1, -0.05) is 0 Å². The summed E-state index contributed by atoms with van der Waals surface area (Å²) in [4.78, 5) is 0. The van der Waals surface area contributed by atoms with Gasteiger partial charge in [0, 0.05) is 11.6 Å². The molecule has 0 fully saturated rings. The topological polar surface area (TPSA) is 81.5 Å². The van der Waals surface area contributed by atoms with Gasteiger partial charge in [0.1, 0.15) is 18.1 Å². The highest BCUT2D eigenvalue weighted by molar-refractivity contribution is 5.60. The first-order valence-corrected chi connectivity index (χ1v) is 3.69. The van der Waals surface area contributed by atoms with Gasteiger partial charge in [0.15, 0.2) is 0 Å². The lowest BCUT2D eigenvalue weighted by Crippen LogP contribution is -2.10. The number of hydrogen-bond acceptors (Lipinski definition) is 4. The Kier molecular flexibility index (Phi) is 1.38. The first kappa shape index (κ1) is 7.24. The zero-order valence-electron chi connectivity index (χ0n) is 6.45. The number of fused-ring (bicyclic) bond motifs is 1. The van der Waals surface area contributed by atoms with Crippen molar-refractivity contribution in [3.8, 4) is 11.5 Å². The molecule has 1 atom stereocenters. The molecule has 1 aliphatic heterocycles. The Bertz CT molecular complexity index is 325. The van der Waals surface area contributed by atoms with E-state index in [4.69, 9.17) is 16.2 Å². The molecule has 1 unspecified atom stereocenters. The molecule has 0 aliphatic carbocycles. The van der Waals surface area contributed by atoms with Crippen LogP contribution in [0.3, 0.4) is 0 Å². The zero-order chi connectivity index (χ0) is 8.72. The molecule has 4 nitrogen and oxygen atoms in total. The second-order valence-electron chi connectivity index (χ2n) is 2.87. The molecule has 0 saturated heterocycles. The zero-order valence-corrected chi connectivity index (χ0v) is 6.45. The van der Waals surface area contributed by atoms with E-state index in [1.54, 1.807) is 12.1 Å². The third-order valence-corrected chi connectivity index (χ3v) is 1.98. The summed E-state index contributed by atoms with van der Waals surface area (Å²) in [7, 11) is 0. The van der Waals surface area contributed by atoms with Crippen LogP contribution >= 0.6 is 0 Å². The van der Waals surface area contributed by atoms with E-state index in [9.17, 15) is 5.11 Å². The number of benzene rings is 1. The van der Waals surface area contributed by atoms with Gasteiger partial charge in [-0.15, -0.1) is 0 Å². The molecule has 5 N–H and O–H groups in total. The summed E-state index contributed by atoms with van der Waals surface area (Å²) in [5.41, 5.74) is 12.3. The third-order valence-electron chi connectivity index (χ3n) is 1.98. The molecular formula is C8H10N2O2. The Hall–Kier alpha value is -1.42. The molecule has 0 aromatic heterocycles. The number of anilines is 1. The number of aromatic hydroxyl groups is 1. The first-order valence-electron chi connectivity index (χ1n) is 3.69. The summed E-state index contributed by atoms with van der Waals surface area (Å²) in [5.74, 6) is 0.743. The fraction of sp³-hybridized carbons (Fsp3) is 0.250. The van der Waals surface area contributed by atoms with Gasteiger partial charge in [0.2, 0.25) is 0 Å². The van der Waals surface area contributed by atoms with E-state index in [1.165, 1.54) is 0 Å². The molecule has 4 heteroatoms. The minimum absolute atomic E-state index is 0.0645. The molecule has 64 valence electrons. The summed E-state index contributed by atoms with van der Waals surface area (Å²) in [6.07, 6.45) is 0. The van der Waals surface area contributed by atoms with Crippen molar-refractivity contribution < 1.29 is 9.84 Å². The predicted molar refractivity (Wildman–Crippen MR) is 44.9 cm³/mol. The number of phenols is 1. The van der Waals surface area contributed by atoms with Crippen LogP contribution in [-0.4, -0.2) is 11.7 Å². The highest BCUT2D eigenvalue weighted by Gasteiger charge is 2.21. The van der Waals surface area contributed by atoms with E-state index >= 15 is 0 Å². The van der Waals surface area contributed by atoms with Crippen molar-refractivity contribution in [1.82, 2.24) is 0 Å². The van der Waals surface area contributed by atoms with Gasteiger partial charge < -0.3 is 21.3 Å². The minimum Gasteiger partial charge on any atom is -0.506 e. The quantitative estimate of drug-likeness (QED) is 0.384. The maximum atomic E-state index is 9.27. The van der Waals surface area contributed by atoms with Crippen LogP contribution in [-0.2, 0) is 0 Å². The lowest BCUT2D eigenvalue weighted by Gasteiger charge is -2.03. The van der Waals surface area contributed by atoms with Crippen molar-refractivity contribution >= 4 is 5.69 Å². The molecule has 1 aromatic rings. The van der Waals surface area contributed by atoms with E-state index in [0.29, 0.717) is 18.0 Å². The summed E-state index contributed by atoms with van der Waals surface area (Å²) in [6.45, 7) is 0.457. The van der Waals surface area contributed by atoms with E-state index in [2.05, 4.69) is 0 Å². The summed E-state index contributed by atoms with van der Waals surface area (Å²) in [5, 5.41) is 9.27. The number of phenolic OH excluding ortho intramolecular Hbond substituents is 1. The summed E-state index contributed by atoms with van der Waals surface area (Å²) in [6, 6.07) is 3.01. The van der Waals surface area contributed by atoms with Crippen molar-refractivity contribution in [1.29, 1.82) is 0 Å². The van der Waals surface area contributed by atoms with Gasteiger partial charge >= 0.3 is 0 Å². The average molecular weight is 166 g/mol. The first-order chi connectivity index (χ1) is 5.68. The van der Waals surface area contributed by atoms with Gasteiger partial charge in [-0.3, -0.25) is 0 Å². The van der Waals surface area contributed by atoms with Crippen LogP contribution < -0.4 is 16.2 Å². The second kappa shape index (κ2) is 2.28. The predicted octanol–water partition coefficient (Wildman–Crippen LogP) is 0.367. The van der Waals surface area contributed by atoms with E-state index in [-0.39, 0.29) is 11.8 Å². The number of ether oxygens (including phenoxy) is 1. The molecule has 1 heterocycles. The van der Waals surface area contributed by atoms with Gasteiger partial charge in [-0.05, 0) is 6.07 Å². The maximum absolute atomic E-state index is 9.27. The molecule has 1 aromatic carbocycles. The Morgan fingerprint density at radius 3 is 3.00 bits per heavy atom. The van der Waals surface area contributed by atoms with Crippen LogP contribution in [0.15, 0.2) is 12.1 Å². The number of hydrogen-bond donors (Lipinski definition) is 3. The lowest BCUT2D eigenvalue weighted by molar-refractivity contribution is 0.333. The smallest absolute Gasteiger partial charge is 0.139 e. The molecule has 0 spiro atoms. The number of nitrogens with two attached hydrogens (primary N) is 2. The van der Waals surface area contributed by atoms with E-state index < -0.39 is 0 Å². The van der Waals surface area contributed by atoms with E-state index in [1.807, 2.05) is 0 Å². The average Bonchev–Trinajstić information content (AvgIpc) is 2.35. The molecular weight excluding hydrogens is 156 g/mol. The Morgan fingerprint density at radius 2 is 2.25 bits per heavy atom. The highest BCUT2D eigenvalue weighted by Crippen LogP contribution is 2.37. The molecule has 0 amide bonds. The maximum Gasteiger partial charge on any atom is 0.139 e. The highest BCUT2D eigenvalue weighted by atomic mass is 16.5. The van der Waals surface area contributed by atoms with Crippen molar-refractivity contribution in [2.45, 2.75) is 6.04 Å². The Morgan fingerprint density at radius 1 is 1.50 bits per heavy atom. The summed E-state index contributed by atoms with van der Waals surface area (Å²) >= 11 is 0. The normalized spacial score (nSPS) is 20.2. The van der Waals surface area contributed by atoms with Gasteiger partial charge in [-0.2, -0.15) is 0 Å². The lowest BCUT2D eigenvalue weighted by atomic mass is 10.1. The largest absolute Gasteiger partial charge is 0.506 e. The molecule has 2 rings (SSSR count). The van der Waals surface area contributed by atoms with Crippen LogP contribution in [0.4, 0.5) is 5.69 Å². The van der Waals surface area contributed by atoms with Crippen LogP contribution in [0.2, 0.25) is 0 Å². The van der Waals surface area contributed by atoms with Crippen molar-refractivity contribution in [2.24, 2.45) is 5.73 Å². The van der Waals surface area contributed by atoms with Crippen LogP contribution in [0.25, 0.3) is 0 Å². The van der Waals surface area contributed by atoms with E-state index in [0.717, 1.165) is 5.56 Å². The molecule has 0 saturated carbocycles. The van der Waals surface area contributed by atoms with Gasteiger partial charge in [0.25, 0.3) is 0 Å². The van der Waals surface area contributed by atoms with Crippen molar-refractivity contribution in [3.63, 3.8) is 0 Å². The molecule has 0 radical (unpaired) electrons. The van der Waals surface area contributed by atoms with Gasteiger partial charge in [-0.25, -0.2) is 0 Å². The minimum atomic E-state index is -0.147. The summed E-state index contributed by atoms with van der Waals surface area (Å²) < 4.78 is 5.23. The third kappa shape index (κ3) is 0.887. The fourth-order valence-electron chi connectivity index (χ4n) is 1.28. The monoisotopic (exact) mass is 166 g/mol. The SMILES string of the molecule is Nc1cc2c(cc1O)C(N)CO2. The van der Waals surface area contributed by atoms with Crippen LogP contribution in [0.5, 0.6) is 11.5 Å². The number of nitrogen functional groups attached to an aromatic ring is 1. The molecule has 0 bridgehead atoms. The Balaban J connectivity index is 2.56. The second-order valence-corrected chi connectivity index (χ2v) is 2.87.